The molecule has 0 amide bonds. The molecule has 0 atom stereocenters. The standard InChI is InChI=1S/C13H9N2.ClH/c14-15-11-5-6-13-10(8-11)7-9-3-1-2-4-12(9)13;/h1-6,8H,7H2;1H/q+1;. The quantitative estimate of drug-likeness (QED) is 0.532. The van der Waals surface area contributed by atoms with Gasteiger partial charge in [-0.15, -0.1) is 12.4 Å². The Morgan fingerprint density at radius 1 is 0.938 bits per heavy atom. The molecule has 2 aromatic carbocycles. The molecule has 0 aromatic heterocycles. The summed E-state index contributed by atoms with van der Waals surface area (Å²) < 4.78 is 0. The Hall–Kier alpha value is -1.85. The summed E-state index contributed by atoms with van der Waals surface area (Å²) >= 11 is 0. The molecule has 0 bridgehead atoms. The van der Waals surface area contributed by atoms with Gasteiger partial charge < -0.3 is 0 Å². The molecule has 0 saturated heterocycles. The highest BCUT2D eigenvalue weighted by atomic mass is 35.5. The van der Waals surface area contributed by atoms with Crippen molar-refractivity contribution in [3.05, 3.63) is 58.6 Å². The van der Waals surface area contributed by atoms with E-state index in [4.69, 9.17) is 5.39 Å². The first kappa shape index (κ1) is 10.7. The van der Waals surface area contributed by atoms with E-state index in [-0.39, 0.29) is 12.4 Å². The van der Waals surface area contributed by atoms with E-state index >= 15 is 0 Å². The SMILES string of the molecule is Cl.N#[N+]c1ccc2c(c1)Cc1ccccc1-2. The Kier molecular flexibility index (Phi) is 2.64. The Labute approximate surface area is 100.0 Å². The van der Waals surface area contributed by atoms with Gasteiger partial charge in [-0.3, -0.25) is 0 Å². The summed E-state index contributed by atoms with van der Waals surface area (Å²) in [5.74, 6) is 0. The Morgan fingerprint density at radius 3 is 2.50 bits per heavy atom. The average Bonchev–Trinajstić information content (AvgIpc) is 2.66. The molecule has 0 radical (unpaired) electrons. The molecule has 1 aliphatic rings. The molecule has 0 saturated carbocycles. The fourth-order valence-corrected chi connectivity index (χ4v) is 2.19. The molecule has 2 nitrogen and oxygen atoms in total. The van der Waals surface area contributed by atoms with Crippen molar-refractivity contribution in [2.24, 2.45) is 0 Å². The lowest BCUT2D eigenvalue weighted by atomic mass is 10.1. The molecular formula is C13H10ClN2+. The Balaban J connectivity index is 0.000000963. The van der Waals surface area contributed by atoms with Crippen molar-refractivity contribution < 1.29 is 0 Å². The van der Waals surface area contributed by atoms with Crippen molar-refractivity contribution >= 4 is 18.1 Å². The monoisotopic (exact) mass is 229 g/mol. The van der Waals surface area contributed by atoms with Gasteiger partial charge in [0.1, 0.15) is 0 Å². The van der Waals surface area contributed by atoms with Gasteiger partial charge in [0, 0.05) is 12.1 Å². The minimum absolute atomic E-state index is 0. The predicted molar refractivity (Wildman–Crippen MR) is 66.7 cm³/mol. The van der Waals surface area contributed by atoms with Crippen LogP contribution in [0.5, 0.6) is 0 Å². The lowest BCUT2D eigenvalue weighted by Gasteiger charge is -1.97. The molecule has 0 unspecified atom stereocenters. The van der Waals surface area contributed by atoms with Gasteiger partial charge in [-0.2, -0.15) is 0 Å². The van der Waals surface area contributed by atoms with Crippen LogP contribution in [0.3, 0.4) is 0 Å². The maximum absolute atomic E-state index is 8.71. The van der Waals surface area contributed by atoms with Gasteiger partial charge in [-0.25, -0.2) is 0 Å². The molecule has 0 spiro atoms. The molecule has 3 rings (SSSR count). The first-order valence-electron chi connectivity index (χ1n) is 4.95. The van der Waals surface area contributed by atoms with Gasteiger partial charge in [0.2, 0.25) is 5.39 Å². The Morgan fingerprint density at radius 2 is 1.69 bits per heavy atom. The first-order valence-corrected chi connectivity index (χ1v) is 4.95. The van der Waals surface area contributed by atoms with E-state index < -0.39 is 0 Å². The lowest BCUT2D eigenvalue weighted by molar-refractivity contribution is 1.26. The van der Waals surface area contributed by atoms with Crippen LogP contribution >= 0.6 is 12.4 Å². The van der Waals surface area contributed by atoms with Crippen LogP contribution in [0.4, 0.5) is 5.69 Å². The second kappa shape index (κ2) is 3.96. The molecule has 16 heavy (non-hydrogen) atoms. The van der Waals surface area contributed by atoms with E-state index in [9.17, 15) is 0 Å². The molecule has 0 N–H and O–H groups in total. The van der Waals surface area contributed by atoms with Crippen LogP contribution in [-0.2, 0) is 6.42 Å². The van der Waals surface area contributed by atoms with Gasteiger partial charge in [0.25, 0.3) is 0 Å². The van der Waals surface area contributed by atoms with Crippen molar-refractivity contribution in [3.63, 3.8) is 0 Å². The number of diazo groups is 1. The van der Waals surface area contributed by atoms with Crippen LogP contribution in [0.15, 0.2) is 42.5 Å². The summed E-state index contributed by atoms with van der Waals surface area (Å²) in [4.78, 5) is 3.21. The third-order valence-corrected chi connectivity index (χ3v) is 2.89. The second-order valence-electron chi connectivity index (χ2n) is 3.78. The average molecular weight is 230 g/mol. The van der Waals surface area contributed by atoms with E-state index in [1.165, 1.54) is 22.3 Å². The van der Waals surface area contributed by atoms with Gasteiger partial charge in [-0.05, 0) is 34.7 Å². The van der Waals surface area contributed by atoms with Crippen LogP contribution in [-0.4, -0.2) is 0 Å². The molecule has 78 valence electrons. The fourth-order valence-electron chi connectivity index (χ4n) is 2.19. The molecule has 0 fully saturated rings. The van der Waals surface area contributed by atoms with E-state index in [0.717, 1.165) is 6.42 Å². The summed E-state index contributed by atoms with van der Waals surface area (Å²) in [6, 6.07) is 14.2. The number of hydrogen-bond donors (Lipinski definition) is 0. The summed E-state index contributed by atoms with van der Waals surface area (Å²) in [5.41, 5.74) is 5.78. The number of hydrogen-bond acceptors (Lipinski definition) is 1. The van der Waals surface area contributed by atoms with Crippen LogP contribution in [0, 0.1) is 5.39 Å². The van der Waals surface area contributed by atoms with E-state index in [2.05, 4.69) is 29.2 Å². The summed E-state index contributed by atoms with van der Waals surface area (Å²) in [6.07, 6.45) is 0.939. The molecule has 0 aliphatic heterocycles. The fraction of sp³-hybridized carbons (Fsp3) is 0.0769. The first-order chi connectivity index (χ1) is 7.38. The van der Waals surface area contributed by atoms with Gasteiger partial charge in [0.05, 0.1) is 0 Å². The third kappa shape index (κ3) is 1.46. The predicted octanol–water partition coefficient (Wildman–Crippen LogP) is 4.16. The van der Waals surface area contributed by atoms with Crippen LogP contribution in [0.25, 0.3) is 16.1 Å². The number of benzene rings is 2. The molecule has 3 heteroatoms. The van der Waals surface area contributed by atoms with Crippen molar-refractivity contribution in [3.8, 4) is 11.1 Å². The van der Waals surface area contributed by atoms with E-state index in [1.54, 1.807) is 0 Å². The third-order valence-electron chi connectivity index (χ3n) is 2.89. The number of nitrogens with zero attached hydrogens (tertiary/aromatic N) is 2. The minimum atomic E-state index is 0. The van der Waals surface area contributed by atoms with Crippen molar-refractivity contribution in [2.45, 2.75) is 6.42 Å². The zero-order chi connectivity index (χ0) is 10.3. The van der Waals surface area contributed by atoms with E-state index in [0.29, 0.717) is 5.69 Å². The number of rotatable bonds is 0. The highest BCUT2D eigenvalue weighted by molar-refractivity contribution is 5.85. The Bertz CT molecular complexity index is 585. The van der Waals surface area contributed by atoms with Crippen molar-refractivity contribution in [1.82, 2.24) is 0 Å². The second-order valence-corrected chi connectivity index (χ2v) is 3.78. The molecule has 1 aliphatic carbocycles. The normalized spacial score (nSPS) is 10.9. The van der Waals surface area contributed by atoms with Gasteiger partial charge >= 0.3 is 5.69 Å². The van der Waals surface area contributed by atoms with Crippen molar-refractivity contribution in [1.29, 1.82) is 5.39 Å². The highest BCUT2D eigenvalue weighted by Crippen LogP contribution is 2.37. The van der Waals surface area contributed by atoms with E-state index in [1.807, 2.05) is 18.2 Å². The van der Waals surface area contributed by atoms with Gasteiger partial charge in [0.15, 0.2) is 4.98 Å². The minimum Gasteiger partial charge on any atom is -0.147 e. The zero-order valence-corrected chi connectivity index (χ0v) is 9.37. The maximum atomic E-state index is 8.71. The van der Waals surface area contributed by atoms with Crippen LogP contribution in [0.2, 0.25) is 0 Å². The summed E-state index contributed by atoms with van der Waals surface area (Å²) in [5, 5.41) is 8.71. The topological polar surface area (TPSA) is 28.1 Å². The van der Waals surface area contributed by atoms with Crippen LogP contribution in [0.1, 0.15) is 11.1 Å². The number of fused-ring (bicyclic) bond motifs is 3. The lowest BCUT2D eigenvalue weighted by Crippen LogP contribution is -1.78. The number of halogens is 1. The zero-order valence-electron chi connectivity index (χ0n) is 8.55. The summed E-state index contributed by atoms with van der Waals surface area (Å²) in [6.45, 7) is 0. The smallest absolute Gasteiger partial charge is 0.147 e. The molecular weight excluding hydrogens is 220 g/mol. The highest BCUT2D eigenvalue weighted by Gasteiger charge is 2.20. The van der Waals surface area contributed by atoms with Crippen LogP contribution < -0.4 is 0 Å². The molecule has 0 heterocycles. The largest absolute Gasteiger partial charge is 0.385 e. The maximum Gasteiger partial charge on any atom is 0.385 e. The van der Waals surface area contributed by atoms with Crippen molar-refractivity contribution in [2.75, 3.05) is 0 Å². The molecule has 2 aromatic rings. The van der Waals surface area contributed by atoms with Gasteiger partial charge in [-0.1, -0.05) is 24.3 Å². The summed E-state index contributed by atoms with van der Waals surface area (Å²) in [7, 11) is 0.